The van der Waals surface area contributed by atoms with E-state index in [9.17, 15) is 14.9 Å². The van der Waals surface area contributed by atoms with Crippen molar-refractivity contribution in [2.24, 2.45) is 0 Å². The van der Waals surface area contributed by atoms with Gasteiger partial charge in [0.25, 0.3) is 5.69 Å². The minimum absolute atomic E-state index is 0.0240. The fourth-order valence-corrected chi connectivity index (χ4v) is 1.55. The molecule has 19 heavy (non-hydrogen) atoms. The van der Waals surface area contributed by atoms with Crippen molar-refractivity contribution < 1.29 is 14.5 Å². The summed E-state index contributed by atoms with van der Waals surface area (Å²) in [6, 6.07) is 5.92. The molecule has 0 saturated carbocycles. The average molecular weight is 287 g/mol. The highest BCUT2D eigenvalue weighted by molar-refractivity contribution is 6.18. The van der Waals surface area contributed by atoms with Gasteiger partial charge < -0.3 is 9.64 Å². The number of hydrogen-bond acceptors (Lipinski definition) is 4. The summed E-state index contributed by atoms with van der Waals surface area (Å²) < 4.78 is 5.36. The average Bonchev–Trinajstić information content (AvgIpc) is 2.39. The molecule has 0 fully saturated rings. The van der Waals surface area contributed by atoms with Gasteiger partial charge in [0, 0.05) is 25.4 Å². The van der Waals surface area contributed by atoms with Gasteiger partial charge in [0.05, 0.1) is 17.5 Å². The van der Waals surface area contributed by atoms with E-state index in [0.29, 0.717) is 12.3 Å². The van der Waals surface area contributed by atoms with Crippen LogP contribution in [0.3, 0.4) is 0 Å². The fraction of sp³-hybridized carbons (Fsp3) is 0.417. The lowest BCUT2D eigenvalue weighted by Crippen LogP contribution is -2.30. The van der Waals surface area contributed by atoms with E-state index in [0.717, 1.165) is 0 Å². The third kappa shape index (κ3) is 5.13. The molecule has 1 aromatic rings. The van der Waals surface area contributed by atoms with Crippen molar-refractivity contribution in [3.63, 3.8) is 0 Å². The number of likely N-dealkylation sites (N-methyl/N-ethyl adjacent to an activating group) is 1. The second-order valence-electron chi connectivity index (χ2n) is 3.86. The molecular formula is C12H15ClN2O4. The van der Waals surface area contributed by atoms with Crippen LogP contribution in [0, 0.1) is 10.1 Å². The third-order valence-corrected chi connectivity index (χ3v) is 2.65. The predicted octanol–water partition coefficient (Wildman–Crippen LogP) is 2.06. The molecule has 0 spiro atoms. The number of nitro groups is 1. The van der Waals surface area contributed by atoms with Gasteiger partial charge in [-0.2, -0.15) is 0 Å². The second kappa shape index (κ2) is 7.58. The Morgan fingerprint density at radius 1 is 1.53 bits per heavy atom. The SMILES string of the molecule is CN(CCOc1cccc([N+](=O)[O-])c1)C(=O)CCCl. The Morgan fingerprint density at radius 2 is 2.26 bits per heavy atom. The quantitative estimate of drug-likeness (QED) is 0.437. The van der Waals surface area contributed by atoms with E-state index in [-0.39, 0.29) is 30.5 Å². The number of carbonyl (C=O) groups is 1. The maximum atomic E-state index is 11.4. The lowest BCUT2D eigenvalue weighted by Gasteiger charge is -2.16. The molecule has 0 atom stereocenters. The number of nitro benzene ring substituents is 1. The molecule has 0 saturated heterocycles. The largest absolute Gasteiger partial charge is 0.491 e. The smallest absolute Gasteiger partial charge is 0.273 e. The van der Waals surface area contributed by atoms with Crippen molar-refractivity contribution in [2.75, 3.05) is 26.1 Å². The topological polar surface area (TPSA) is 72.7 Å². The van der Waals surface area contributed by atoms with Gasteiger partial charge >= 0.3 is 0 Å². The lowest BCUT2D eigenvalue weighted by atomic mass is 10.3. The van der Waals surface area contributed by atoms with Crippen LogP contribution in [0.25, 0.3) is 0 Å². The molecule has 1 amide bonds. The van der Waals surface area contributed by atoms with E-state index in [1.54, 1.807) is 19.2 Å². The number of non-ortho nitro benzene ring substituents is 1. The Morgan fingerprint density at radius 3 is 2.89 bits per heavy atom. The number of nitrogens with zero attached hydrogens (tertiary/aromatic N) is 2. The number of benzene rings is 1. The first-order chi connectivity index (χ1) is 9.04. The molecule has 7 heteroatoms. The minimum Gasteiger partial charge on any atom is -0.491 e. The first-order valence-corrected chi connectivity index (χ1v) is 6.25. The number of hydrogen-bond donors (Lipinski definition) is 0. The van der Waals surface area contributed by atoms with Crippen molar-refractivity contribution >= 4 is 23.2 Å². The monoisotopic (exact) mass is 286 g/mol. The summed E-state index contributed by atoms with van der Waals surface area (Å²) >= 11 is 5.47. The maximum Gasteiger partial charge on any atom is 0.273 e. The molecule has 0 bridgehead atoms. The molecule has 0 aromatic heterocycles. The summed E-state index contributed by atoms with van der Waals surface area (Å²) in [5.74, 6) is 0.639. The number of alkyl halides is 1. The molecule has 0 aliphatic rings. The molecule has 0 N–H and O–H groups in total. The summed E-state index contributed by atoms with van der Waals surface area (Å²) in [6.07, 6.45) is 0.287. The molecule has 0 radical (unpaired) electrons. The number of carbonyl (C=O) groups excluding carboxylic acids is 1. The van der Waals surface area contributed by atoms with E-state index < -0.39 is 4.92 Å². The van der Waals surface area contributed by atoms with Gasteiger partial charge in [0.2, 0.25) is 5.91 Å². The van der Waals surface area contributed by atoms with Gasteiger partial charge in [-0.25, -0.2) is 0 Å². The second-order valence-corrected chi connectivity index (χ2v) is 4.24. The van der Waals surface area contributed by atoms with E-state index in [4.69, 9.17) is 16.3 Å². The van der Waals surface area contributed by atoms with Crippen molar-refractivity contribution in [3.8, 4) is 5.75 Å². The van der Waals surface area contributed by atoms with Gasteiger partial charge in [-0.05, 0) is 6.07 Å². The predicted molar refractivity (Wildman–Crippen MR) is 71.6 cm³/mol. The zero-order chi connectivity index (χ0) is 14.3. The van der Waals surface area contributed by atoms with Crippen LogP contribution in [0.15, 0.2) is 24.3 Å². The van der Waals surface area contributed by atoms with Crippen LogP contribution in [0.4, 0.5) is 5.69 Å². The first kappa shape index (κ1) is 15.2. The van der Waals surface area contributed by atoms with Crippen LogP contribution in [-0.4, -0.2) is 41.8 Å². The zero-order valence-electron chi connectivity index (χ0n) is 10.5. The number of halogens is 1. The number of amides is 1. The van der Waals surface area contributed by atoms with Crippen molar-refractivity contribution in [3.05, 3.63) is 34.4 Å². The van der Waals surface area contributed by atoms with E-state index >= 15 is 0 Å². The Kier molecular flexibility index (Phi) is 6.08. The molecule has 0 unspecified atom stereocenters. The standard InChI is InChI=1S/C12H15ClN2O4/c1-14(12(16)5-6-13)7-8-19-11-4-2-3-10(9-11)15(17)18/h2-4,9H,5-8H2,1H3. The van der Waals surface area contributed by atoms with Crippen LogP contribution < -0.4 is 4.74 Å². The molecular weight excluding hydrogens is 272 g/mol. The molecule has 0 heterocycles. The number of ether oxygens (including phenoxy) is 1. The minimum atomic E-state index is -0.483. The van der Waals surface area contributed by atoms with Crippen molar-refractivity contribution in [2.45, 2.75) is 6.42 Å². The summed E-state index contributed by atoms with van der Waals surface area (Å²) in [4.78, 5) is 23.0. The highest BCUT2D eigenvalue weighted by Gasteiger charge is 2.09. The van der Waals surface area contributed by atoms with E-state index in [1.807, 2.05) is 0 Å². The lowest BCUT2D eigenvalue weighted by molar-refractivity contribution is -0.384. The molecule has 1 aromatic carbocycles. The first-order valence-electron chi connectivity index (χ1n) is 5.71. The molecule has 1 rings (SSSR count). The highest BCUT2D eigenvalue weighted by atomic mass is 35.5. The summed E-state index contributed by atoms with van der Waals surface area (Å²) in [5.41, 5.74) is -0.0240. The zero-order valence-corrected chi connectivity index (χ0v) is 11.3. The van der Waals surface area contributed by atoms with Crippen LogP contribution >= 0.6 is 11.6 Å². The van der Waals surface area contributed by atoms with Gasteiger partial charge in [-0.3, -0.25) is 14.9 Å². The normalized spacial score (nSPS) is 10.0. The van der Waals surface area contributed by atoms with Crippen LogP contribution in [0.5, 0.6) is 5.75 Å². The van der Waals surface area contributed by atoms with Gasteiger partial charge in [-0.1, -0.05) is 6.07 Å². The van der Waals surface area contributed by atoms with Crippen LogP contribution in [-0.2, 0) is 4.79 Å². The Labute approximate surface area is 116 Å². The van der Waals surface area contributed by atoms with Crippen LogP contribution in [0.2, 0.25) is 0 Å². The Bertz CT molecular complexity index is 453. The summed E-state index contributed by atoms with van der Waals surface area (Å²) in [5, 5.41) is 10.6. The third-order valence-electron chi connectivity index (χ3n) is 2.46. The van der Waals surface area contributed by atoms with E-state index in [2.05, 4.69) is 0 Å². The van der Waals surface area contributed by atoms with Gasteiger partial charge in [0.15, 0.2) is 0 Å². The molecule has 0 aliphatic carbocycles. The molecule has 104 valence electrons. The van der Waals surface area contributed by atoms with Crippen LogP contribution in [0.1, 0.15) is 6.42 Å². The molecule has 0 aliphatic heterocycles. The molecule has 6 nitrogen and oxygen atoms in total. The van der Waals surface area contributed by atoms with Crippen molar-refractivity contribution in [1.29, 1.82) is 0 Å². The summed E-state index contributed by atoms with van der Waals surface area (Å²) in [6.45, 7) is 0.671. The number of rotatable bonds is 7. The fourth-order valence-electron chi connectivity index (χ4n) is 1.38. The Hall–Kier alpha value is -1.82. The Balaban J connectivity index is 2.43. The van der Waals surface area contributed by atoms with Gasteiger partial charge in [0.1, 0.15) is 12.4 Å². The van der Waals surface area contributed by atoms with Crippen molar-refractivity contribution in [1.82, 2.24) is 4.90 Å². The van der Waals surface area contributed by atoms with Gasteiger partial charge in [-0.15, -0.1) is 11.6 Å². The maximum absolute atomic E-state index is 11.4. The highest BCUT2D eigenvalue weighted by Crippen LogP contribution is 2.18. The van der Waals surface area contributed by atoms with E-state index in [1.165, 1.54) is 17.0 Å². The summed E-state index contributed by atoms with van der Waals surface area (Å²) in [7, 11) is 1.66.